The number of unbranched alkanes of at least 4 members (excludes halogenated alkanes) is 5. The average molecular weight is 358 g/mol. The molecule has 0 saturated carbocycles. The average Bonchev–Trinajstić information content (AvgIpc) is 2.63. The Morgan fingerprint density at radius 3 is 2.12 bits per heavy atom. The van der Waals surface area contributed by atoms with Gasteiger partial charge < -0.3 is 20.1 Å². The van der Waals surface area contributed by atoms with Crippen LogP contribution in [0, 0.1) is 0 Å². The van der Waals surface area contributed by atoms with Gasteiger partial charge >= 0.3 is 5.97 Å². The maximum absolute atomic E-state index is 10.8. The molecule has 0 radical (unpaired) electrons. The first-order valence-corrected chi connectivity index (χ1v) is 9.03. The highest BCUT2D eigenvalue weighted by Crippen LogP contribution is 2.25. The molecule has 0 unspecified atom stereocenters. The van der Waals surface area contributed by atoms with Crippen LogP contribution in [0.2, 0.25) is 0 Å². The number of rotatable bonds is 11. The molecule has 3 N–H and O–H groups in total. The van der Waals surface area contributed by atoms with Crippen molar-refractivity contribution >= 4 is 5.97 Å². The fraction of sp³-hybridized carbons (Fsp3) is 0.381. The van der Waals surface area contributed by atoms with Crippen molar-refractivity contribution in [3.05, 3.63) is 53.6 Å². The monoisotopic (exact) mass is 358 g/mol. The van der Waals surface area contributed by atoms with Gasteiger partial charge in [-0.25, -0.2) is 4.79 Å². The lowest BCUT2D eigenvalue weighted by molar-refractivity contribution is 0.0697. The minimum absolute atomic E-state index is 0.0555. The van der Waals surface area contributed by atoms with Gasteiger partial charge in [-0.05, 0) is 61.2 Å². The van der Waals surface area contributed by atoms with Crippen molar-refractivity contribution < 1.29 is 24.9 Å². The van der Waals surface area contributed by atoms with E-state index in [1.165, 1.54) is 6.07 Å². The summed E-state index contributed by atoms with van der Waals surface area (Å²) >= 11 is 0. The molecule has 0 atom stereocenters. The van der Waals surface area contributed by atoms with E-state index in [-0.39, 0.29) is 17.1 Å². The first kappa shape index (κ1) is 19.6. The Morgan fingerprint density at radius 2 is 1.46 bits per heavy atom. The van der Waals surface area contributed by atoms with Crippen LogP contribution in [-0.4, -0.2) is 27.9 Å². The normalized spacial score (nSPS) is 10.6. The SMILES string of the molecule is O=C(O)c1ccc(OCCCCCCCCc2ccc(O)c(O)c2)cc1. The van der Waals surface area contributed by atoms with Crippen LogP contribution in [0.4, 0.5) is 0 Å². The van der Waals surface area contributed by atoms with E-state index in [0.717, 1.165) is 50.5 Å². The third kappa shape index (κ3) is 6.67. The minimum atomic E-state index is -0.932. The standard InChI is InChI=1S/C21H26O5/c22-19-13-8-16(15-20(19)23)7-5-3-1-2-4-6-14-26-18-11-9-17(10-12-18)21(24)25/h8-13,15,22-23H,1-7,14H2,(H,24,25). The van der Waals surface area contributed by atoms with Gasteiger partial charge in [-0.15, -0.1) is 0 Å². The first-order valence-electron chi connectivity index (χ1n) is 9.03. The van der Waals surface area contributed by atoms with Gasteiger partial charge in [-0.3, -0.25) is 0 Å². The summed E-state index contributed by atoms with van der Waals surface area (Å²) in [7, 11) is 0. The summed E-state index contributed by atoms with van der Waals surface area (Å²) in [5.74, 6) is -0.361. The molecule has 0 aromatic heterocycles. The van der Waals surface area contributed by atoms with Gasteiger partial charge in [0, 0.05) is 0 Å². The zero-order chi connectivity index (χ0) is 18.8. The zero-order valence-electron chi connectivity index (χ0n) is 14.9. The van der Waals surface area contributed by atoms with Crippen LogP contribution in [0.25, 0.3) is 0 Å². The number of aromatic carboxylic acids is 1. The molecule has 0 aliphatic heterocycles. The summed E-state index contributed by atoms with van der Waals surface area (Å²) in [5.41, 5.74) is 1.31. The van der Waals surface area contributed by atoms with Crippen molar-refractivity contribution in [2.45, 2.75) is 44.9 Å². The van der Waals surface area contributed by atoms with Gasteiger partial charge in [-0.1, -0.05) is 31.7 Å². The summed E-state index contributed by atoms with van der Waals surface area (Å²) in [6.45, 7) is 0.638. The molecular weight excluding hydrogens is 332 g/mol. The summed E-state index contributed by atoms with van der Waals surface area (Å²) in [4.78, 5) is 10.8. The zero-order valence-corrected chi connectivity index (χ0v) is 14.9. The van der Waals surface area contributed by atoms with E-state index in [1.807, 2.05) is 6.07 Å². The lowest BCUT2D eigenvalue weighted by atomic mass is 10.0. The number of carbonyl (C=O) groups is 1. The number of hydrogen-bond acceptors (Lipinski definition) is 4. The topological polar surface area (TPSA) is 87.0 Å². The third-order valence-electron chi connectivity index (χ3n) is 4.27. The third-order valence-corrected chi connectivity index (χ3v) is 4.27. The molecule has 26 heavy (non-hydrogen) atoms. The summed E-state index contributed by atoms with van der Waals surface area (Å²) in [5, 5.41) is 27.6. The number of phenols is 2. The molecule has 0 aliphatic rings. The fourth-order valence-corrected chi connectivity index (χ4v) is 2.75. The van der Waals surface area contributed by atoms with Crippen molar-refractivity contribution in [1.29, 1.82) is 0 Å². The van der Waals surface area contributed by atoms with Crippen molar-refractivity contribution in [1.82, 2.24) is 0 Å². The molecule has 0 saturated heterocycles. The smallest absolute Gasteiger partial charge is 0.335 e. The minimum Gasteiger partial charge on any atom is -0.504 e. The van der Waals surface area contributed by atoms with E-state index in [4.69, 9.17) is 9.84 Å². The highest BCUT2D eigenvalue weighted by atomic mass is 16.5. The van der Waals surface area contributed by atoms with E-state index in [1.54, 1.807) is 30.3 Å². The Bertz CT molecular complexity index is 694. The fourth-order valence-electron chi connectivity index (χ4n) is 2.75. The highest BCUT2D eigenvalue weighted by Gasteiger charge is 2.02. The van der Waals surface area contributed by atoms with E-state index < -0.39 is 5.97 Å². The Balaban J connectivity index is 1.49. The van der Waals surface area contributed by atoms with Gasteiger partial charge in [0.15, 0.2) is 11.5 Å². The van der Waals surface area contributed by atoms with Crippen LogP contribution in [-0.2, 0) is 6.42 Å². The second-order valence-electron chi connectivity index (χ2n) is 6.37. The molecule has 0 aliphatic carbocycles. The van der Waals surface area contributed by atoms with Crippen molar-refractivity contribution in [3.8, 4) is 17.2 Å². The van der Waals surface area contributed by atoms with Crippen LogP contribution in [0.15, 0.2) is 42.5 Å². The van der Waals surface area contributed by atoms with Gasteiger partial charge in [0.2, 0.25) is 0 Å². The predicted molar refractivity (Wildman–Crippen MR) is 100 cm³/mol. The molecule has 0 heterocycles. The van der Waals surface area contributed by atoms with E-state index in [2.05, 4.69) is 0 Å². The number of hydrogen-bond donors (Lipinski definition) is 3. The van der Waals surface area contributed by atoms with Crippen molar-refractivity contribution in [2.24, 2.45) is 0 Å². The van der Waals surface area contributed by atoms with E-state index >= 15 is 0 Å². The van der Waals surface area contributed by atoms with Crippen LogP contribution in [0.3, 0.4) is 0 Å². The number of aryl methyl sites for hydroxylation is 1. The van der Waals surface area contributed by atoms with E-state index in [9.17, 15) is 15.0 Å². The Morgan fingerprint density at radius 1 is 0.808 bits per heavy atom. The molecule has 2 aromatic rings. The van der Waals surface area contributed by atoms with Gasteiger partial charge in [0.25, 0.3) is 0 Å². The molecule has 5 heteroatoms. The van der Waals surface area contributed by atoms with E-state index in [0.29, 0.717) is 12.4 Å². The molecule has 5 nitrogen and oxygen atoms in total. The second kappa shape index (κ2) is 10.3. The number of phenolic OH excluding ortho intramolecular Hbond substituents is 2. The summed E-state index contributed by atoms with van der Waals surface area (Å²) in [6, 6.07) is 11.5. The number of carboxylic acids is 1. The van der Waals surface area contributed by atoms with Gasteiger partial charge in [-0.2, -0.15) is 0 Å². The predicted octanol–water partition coefficient (Wildman–Crippen LogP) is 4.76. The first-order chi connectivity index (χ1) is 12.6. The van der Waals surface area contributed by atoms with Crippen LogP contribution >= 0.6 is 0 Å². The van der Waals surface area contributed by atoms with Gasteiger partial charge in [0.05, 0.1) is 12.2 Å². The molecule has 0 spiro atoms. The number of ether oxygens (including phenoxy) is 1. The highest BCUT2D eigenvalue weighted by molar-refractivity contribution is 5.87. The maximum Gasteiger partial charge on any atom is 0.335 e. The Labute approximate surface area is 153 Å². The summed E-state index contributed by atoms with van der Waals surface area (Å²) < 4.78 is 5.61. The maximum atomic E-state index is 10.8. The Kier molecular flexibility index (Phi) is 7.80. The molecule has 0 amide bonds. The number of aromatic hydroxyl groups is 2. The molecule has 140 valence electrons. The molecule has 2 aromatic carbocycles. The van der Waals surface area contributed by atoms with Crippen LogP contribution in [0.5, 0.6) is 17.2 Å². The second-order valence-corrected chi connectivity index (χ2v) is 6.37. The number of carboxylic acid groups (broad SMARTS) is 1. The van der Waals surface area contributed by atoms with Crippen molar-refractivity contribution in [3.63, 3.8) is 0 Å². The molecule has 0 bridgehead atoms. The molecule has 0 fully saturated rings. The molecule has 2 rings (SSSR count). The lowest BCUT2D eigenvalue weighted by Crippen LogP contribution is -1.99. The van der Waals surface area contributed by atoms with Crippen LogP contribution in [0.1, 0.15) is 54.4 Å². The lowest BCUT2D eigenvalue weighted by Gasteiger charge is -2.07. The quantitative estimate of drug-likeness (QED) is 0.398. The Hall–Kier alpha value is -2.69. The largest absolute Gasteiger partial charge is 0.504 e. The summed E-state index contributed by atoms with van der Waals surface area (Å²) in [6.07, 6.45) is 7.51. The van der Waals surface area contributed by atoms with Crippen molar-refractivity contribution in [2.75, 3.05) is 6.61 Å². The number of benzene rings is 2. The van der Waals surface area contributed by atoms with Gasteiger partial charge in [0.1, 0.15) is 5.75 Å². The van der Waals surface area contributed by atoms with Crippen LogP contribution < -0.4 is 4.74 Å². The molecular formula is C21H26O5.